The maximum atomic E-state index is 11.6. The van der Waals surface area contributed by atoms with Crippen molar-refractivity contribution in [3.05, 3.63) is 12.2 Å². The van der Waals surface area contributed by atoms with Gasteiger partial charge in [0.1, 0.15) is 0 Å². The van der Waals surface area contributed by atoms with Gasteiger partial charge in [0.05, 0.1) is 18.6 Å². The summed E-state index contributed by atoms with van der Waals surface area (Å²) in [5.41, 5.74) is -0.431. The Bertz CT molecular complexity index is 802. The van der Waals surface area contributed by atoms with Crippen LogP contribution in [0.3, 0.4) is 0 Å². The lowest BCUT2D eigenvalue weighted by atomic mass is 10.1. The van der Waals surface area contributed by atoms with E-state index < -0.39 is 23.4 Å². The Labute approximate surface area is 204 Å². The molecule has 0 unspecified atom stereocenters. The lowest BCUT2D eigenvalue weighted by molar-refractivity contribution is -0.198. The summed E-state index contributed by atoms with van der Waals surface area (Å²) in [7, 11) is 0. The van der Waals surface area contributed by atoms with Crippen LogP contribution in [-0.2, 0) is 38.3 Å². The molecule has 12 nitrogen and oxygen atoms in total. The number of ether oxygens (including phenoxy) is 1. The molecule has 5 amide bonds. The van der Waals surface area contributed by atoms with Crippen LogP contribution in [0.1, 0.15) is 59.8 Å². The summed E-state index contributed by atoms with van der Waals surface area (Å²) in [6.07, 6.45) is 3.44. The highest BCUT2D eigenvalue weighted by Gasteiger charge is 2.32. The monoisotopic (exact) mass is 497 g/mol. The number of hydrogen-bond donors (Lipinski definition) is 2. The second-order valence-electron chi connectivity index (χ2n) is 8.99. The van der Waals surface area contributed by atoms with E-state index in [-0.39, 0.29) is 62.5 Å². The molecule has 2 aliphatic heterocycles. The normalized spacial score (nSPS) is 15.6. The van der Waals surface area contributed by atoms with Gasteiger partial charge < -0.3 is 20.0 Å². The van der Waals surface area contributed by atoms with Crippen LogP contribution in [-0.4, -0.2) is 82.5 Å². The fourth-order valence-electron chi connectivity index (χ4n) is 2.94. The van der Waals surface area contributed by atoms with E-state index >= 15 is 0 Å². The molecule has 0 spiro atoms. The van der Waals surface area contributed by atoms with E-state index in [2.05, 4.69) is 10.2 Å². The Balaban J connectivity index is 0.000000379. The fraction of sp³-hybridized carbons (Fsp3) is 0.652. The molecule has 35 heavy (non-hydrogen) atoms. The van der Waals surface area contributed by atoms with Crippen molar-refractivity contribution in [3.63, 3.8) is 0 Å². The quantitative estimate of drug-likeness (QED) is 0.284. The number of hydrogen-bond acceptors (Lipinski definition) is 9. The first-order chi connectivity index (χ1) is 16.4. The van der Waals surface area contributed by atoms with Crippen molar-refractivity contribution in [2.45, 2.75) is 65.4 Å². The molecule has 0 bridgehead atoms. The van der Waals surface area contributed by atoms with E-state index in [0.717, 1.165) is 4.90 Å². The van der Waals surface area contributed by atoms with Gasteiger partial charge in [-0.3, -0.25) is 28.9 Å². The number of carbonyl (C=O) groups is 6. The molecule has 12 heteroatoms. The predicted octanol–water partition coefficient (Wildman–Crippen LogP) is 0.235. The van der Waals surface area contributed by atoms with Gasteiger partial charge in [-0.2, -0.15) is 0 Å². The summed E-state index contributed by atoms with van der Waals surface area (Å²) in [4.78, 5) is 73.0. The molecule has 0 aliphatic carbocycles. The molecular weight excluding hydrogens is 462 g/mol. The van der Waals surface area contributed by atoms with Gasteiger partial charge in [0.25, 0.3) is 23.6 Å². The minimum Gasteiger partial charge on any atom is -0.396 e. The smallest absolute Gasteiger partial charge is 0.333 e. The van der Waals surface area contributed by atoms with Gasteiger partial charge in [-0.25, -0.2) is 4.79 Å². The lowest BCUT2D eigenvalue weighted by Gasteiger charge is -2.24. The Hall–Kier alpha value is -3.12. The minimum atomic E-state index is -0.538. The maximum Gasteiger partial charge on any atom is 0.333 e. The molecule has 1 saturated heterocycles. The largest absolute Gasteiger partial charge is 0.396 e. The van der Waals surface area contributed by atoms with E-state index in [9.17, 15) is 28.8 Å². The highest BCUT2D eigenvalue weighted by Crippen LogP contribution is 2.14. The van der Waals surface area contributed by atoms with Crippen molar-refractivity contribution < 1.29 is 43.4 Å². The molecule has 1 fully saturated rings. The number of amides is 5. The van der Waals surface area contributed by atoms with Crippen LogP contribution in [0.5, 0.6) is 0 Å². The van der Waals surface area contributed by atoms with E-state index in [0.29, 0.717) is 24.6 Å². The maximum absolute atomic E-state index is 11.6. The van der Waals surface area contributed by atoms with Crippen LogP contribution in [0.15, 0.2) is 12.2 Å². The van der Waals surface area contributed by atoms with Crippen LogP contribution in [0, 0.1) is 5.92 Å². The van der Waals surface area contributed by atoms with Gasteiger partial charge in [0.2, 0.25) is 5.91 Å². The van der Waals surface area contributed by atoms with Crippen molar-refractivity contribution in [1.82, 2.24) is 15.3 Å². The number of aliphatic hydroxyl groups excluding tert-OH is 1. The molecule has 0 radical (unpaired) electrons. The second-order valence-corrected chi connectivity index (χ2v) is 8.99. The van der Waals surface area contributed by atoms with E-state index in [1.165, 1.54) is 12.2 Å². The average molecular weight is 498 g/mol. The van der Waals surface area contributed by atoms with Gasteiger partial charge in [-0.15, -0.1) is 5.06 Å². The molecular formula is C23H35N3O9. The van der Waals surface area contributed by atoms with E-state index in [1.807, 2.05) is 27.7 Å². The number of imide groups is 2. The van der Waals surface area contributed by atoms with Gasteiger partial charge in [0, 0.05) is 51.1 Å². The number of rotatable bonds is 12. The molecule has 2 aliphatic rings. The van der Waals surface area contributed by atoms with Gasteiger partial charge >= 0.3 is 5.97 Å². The minimum absolute atomic E-state index is 0.0469. The first-order valence-electron chi connectivity index (χ1n) is 11.5. The fourth-order valence-corrected chi connectivity index (χ4v) is 2.94. The highest BCUT2D eigenvalue weighted by atomic mass is 16.7. The Morgan fingerprint density at radius 1 is 1.09 bits per heavy atom. The zero-order chi connectivity index (χ0) is 26.6. The van der Waals surface area contributed by atoms with Crippen LogP contribution in [0.2, 0.25) is 0 Å². The first-order valence-corrected chi connectivity index (χ1v) is 11.5. The van der Waals surface area contributed by atoms with Gasteiger partial charge in [0.15, 0.2) is 0 Å². The van der Waals surface area contributed by atoms with E-state index in [1.54, 1.807) is 0 Å². The molecule has 2 heterocycles. The molecule has 196 valence electrons. The van der Waals surface area contributed by atoms with Gasteiger partial charge in [-0.05, 0) is 26.2 Å². The Kier molecular flexibility index (Phi) is 12.2. The molecule has 0 saturated carbocycles. The SMILES string of the molecule is CC(C)(CCO)OCCNC(=O)CCN1C(=O)C=CC1=O.CC(C)CC(=O)ON1C(=O)CCC1=O. The van der Waals surface area contributed by atoms with E-state index in [4.69, 9.17) is 9.84 Å². The van der Waals surface area contributed by atoms with Crippen molar-refractivity contribution in [2.75, 3.05) is 26.3 Å². The highest BCUT2D eigenvalue weighted by molar-refractivity contribution is 6.13. The van der Waals surface area contributed by atoms with Crippen molar-refractivity contribution >= 4 is 35.5 Å². The number of nitrogens with zero attached hydrogens (tertiary/aromatic N) is 2. The van der Waals surface area contributed by atoms with Crippen LogP contribution in [0.4, 0.5) is 0 Å². The Morgan fingerprint density at radius 2 is 1.66 bits per heavy atom. The first kappa shape index (κ1) is 29.9. The third-order valence-corrected chi connectivity index (χ3v) is 4.87. The van der Waals surface area contributed by atoms with Crippen molar-refractivity contribution in [3.8, 4) is 0 Å². The zero-order valence-corrected chi connectivity index (χ0v) is 20.7. The molecule has 0 aromatic heterocycles. The van der Waals surface area contributed by atoms with Crippen LogP contribution < -0.4 is 5.32 Å². The van der Waals surface area contributed by atoms with Crippen molar-refractivity contribution in [2.24, 2.45) is 5.92 Å². The Morgan fingerprint density at radius 3 is 2.17 bits per heavy atom. The average Bonchev–Trinajstić information content (AvgIpc) is 3.24. The number of hydroxylamine groups is 2. The third kappa shape index (κ3) is 11.2. The summed E-state index contributed by atoms with van der Waals surface area (Å²) in [6.45, 7) is 8.24. The summed E-state index contributed by atoms with van der Waals surface area (Å²) in [6, 6.07) is 0. The zero-order valence-electron chi connectivity index (χ0n) is 20.7. The topological polar surface area (TPSA) is 160 Å². The predicted molar refractivity (Wildman–Crippen MR) is 122 cm³/mol. The molecule has 2 N–H and O–H groups in total. The summed E-state index contributed by atoms with van der Waals surface area (Å²) < 4.78 is 5.53. The molecule has 0 aromatic rings. The summed E-state index contributed by atoms with van der Waals surface area (Å²) in [5, 5.41) is 12.1. The molecule has 0 aromatic carbocycles. The molecule has 0 atom stereocenters. The van der Waals surface area contributed by atoms with Crippen LogP contribution in [0.25, 0.3) is 0 Å². The third-order valence-electron chi connectivity index (χ3n) is 4.87. The summed E-state index contributed by atoms with van der Waals surface area (Å²) in [5.74, 6) is -2.28. The number of carbonyl (C=O) groups excluding carboxylic acids is 6. The lowest BCUT2D eigenvalue weighted by Crippen LogP contribution is -2.36. The number of aliphatic hydroxyl groups is 1. The van der Waals surface area contributed by atoms with Gasteiger partial charge in [-0.1, -0.05) is 13.8 Å². The summed E-state index contributed by atoms with van der Waals surface area (Å²) >= 11 is 0. The molecule has 2 rings (SSSR count). The van der Waals surface area contributed by atoms with Crippen LogP contribution >= 0.6 is 0 Å². The van der Waals surface area contributed by atoms with Crippen molar-refractivity contribution in [1.29, 1.82) is 0 Å². The second kappa shape index (κ2) is 14.3. The number of nitrogens with one attached hydrogen (secondary N) is 1. The standard InChI is InChI=1S/C14H22N2O5.C9H13NO4/c1-14(2,6-9-17)21-10-7-15-11(18)5-8-16-12(19)3-4-13(16)20;1-6(2)5-9(13)14-10-7(11)3-4-8(10)12/h3-4,17H,5-10H2,1-2H3,(H,15,18);6H,3-5H2,1-2H3.